The number of hydrogen-bond donors (Lipinski definition) is 1. The predicted molar refractivity (Wildman–Crippen MR) is 53.0 cm³/mol. The largest absolute Gasteiger partial charge is 0.326 e. The van der Waals surface area contributed by atoms with Crippen LogP contribution in [0.1, 0.15) is 26.7 Å². The molecule has 0 saturated carbocycles. The second-order valence-electron chi connectivity index (χ2n) is 4.60. The molecule has 74 valence electrons. The third-order valence-electron chi connectivity index (χ3n) is 2.66. The van der Waals surface area contributed by atoms with E-state index in [-0.39, 0.29) is 5.41 Å². The van der Waals surface area contributed by atoms with Crippen molar-refractivity contribution >= 4 is 0 Å². The molecule has 1 rings (SSSR count). The SMILES string of the molecule is CC(C)(C#N)CCN1CCC(N)C1. The third-order valence-corrected chi connectivity index (χ3v) is 2.66. The van der Waals surface area contributed by atoms with Gasteiger partial charge in [-0.2, -0.15) is 5.26 Å². The van der Waals surface area contributed by atoms with Gasteiger partial charge in [0, 0.05) is 12.6 Å². The maximum Gasteiger partial charge on any atom is 0.0684 e. The molecule has 1 unspecified atom stereocenters. The van der Waals surface area contributed by atoms with Gasteiger partial charge in [0.15, 0.2) is 0 Å². The van der Waals surface area contributed by atoms with E-state index in [0.717, 1.165) is 32.5 Å². The van der Waals surface area contributed by atoms with Crippen molar-refractivity contribution in [3.63, 3.8) is 0 Å². The second-order valence-corrected chi connectivity index (χ2v) is 4.60. The Kier molecular flexibility index (Phi) is 3.29. The highest BCUT2D eigenvalue weighted by molar-refractivity contribution is 4.92. The third kappa shape index (κ3) is 3.33. The Morgan fingerprint density at radius 1 is 1.62 bits per heavy atom. The zero-order valence-corrected chi connectivity index (χ0v) is 8.58. The van der Waals surface area contributed by atoms with Gasteiger partial charge < -0.3 is 10.6 Å². The van der Waals surface area contributed by atoms with Gasteiger partial charge in [0.2, 0.25) is 0 Å². The molecule has 3 heteroatoms. The van der Waals surface area contributed by atoms with Crippen LogP contribution in [0, 0.1) is 16.7 Å². The fraction of sp³-hybridized carbons (Fsp3) is 0.900. The molecule has 0 aromatic heterocycles. The topological polar surface area (TPSA) is 53.0 Å². The molecule has 0 amide bonds. The highest BCUT2D eigenvalue weighted by Gasteiger charge is 2.22. The number of nitriles is 1. The number of rotatable bonds is 3. The summed E-state index contributed by atoms with van der Waals surface area (Å²) in [6.07, 6.45) is 2.04. The Hall–Kier alpha value is -0.590. The molecular weight excluding hydrogens is 162 g/mol. The summed E-state index contributed by atoms with van der Waals surface area (Å²) >= 11 is 0. The Morgan fingerprint density at radius 3 is 2.77 bits per heavy atom. The van der Waals surface area contributed by atoms with Crippen molar-refractivity contribution in [1.29, 1.82) is 5.26 Å². The molecule has 1 aliphatic rings. The van der Waals surface area contributed by atoms with Crippen molar-refractivity contribution in [2.45, 2.75) is 32.7 Å². The van der Waals surface area contributed by atoms with Crippen LogP contribution < -0.4 is 5.73 Å². The fourth-order valence-electron chi connectivity index (χ4n) is 1.56. The van der Waals surface area contributed by atoms with Gasteiger partial charge in [-0.25, -0.2) is 0 Å². The van der Waals surface area contributed by atoms with Crippen LogP contribution >= 0.6 is 0 Å². The Bertz CT molecular complexity index is 205. The number of likely N-dealkylation sites (tertiary alicyclic amines) is 1. The van der Waals surface area contributed by atoms with E-state index >= 15 is 0 Å². The highest BCUT2D eigenvalue weighted by Crippen LogP contribution is 2.20. The maximum absolute atomic E-state index is 8.83. The molecule has 0 bridgehead atoms. The van der Waals surface area contributed by atoms with Crippen molar-refractivity contribution in [3.05, 3.63) is 0 Å². The van der Waals surface area contributed by atoms with Crippen molar-refractivity contribution in [2.75, 3.05) is 19.6 Å². The average molecular weight is 181 g/mol. The van der Waals surface area contributed by atoms with Gasteiger partial charge in [0.05, 0.1) is 11.5 Å². The van der Waals surface area contributed by atoms with Gasteiger partial charge in [-0.15, -0.1) is 0 Å². The van der Waals surface area contributed by atoms with Gasteiger partial charge in [0.25, 0.3) is 0 Å². The summed E-state index contributed by atoms with van der Waals surface area (Å²) in [7, 11) is 0. The van der Waals surface area contributed by atoms with E-state index < -0.39 is 0 Å². The summed E-state index contributed by atoms with van der Waals surface area (Å²) in [5, 5.41) is 8.83. The monoisotopic (exact) mass is 181 g/mol. The molecule has 2 N–H and O–H groups in total. The summed E-state index contributed by atoms with van der Waals surface area (Å²) in [5.41, 5.74) is 5.60. The summed E-state index contributed by atoms with van der Waals surface area (Å²) in [6, 6.07) is 2.67. The highest BCUT2D eigenvalue weighted by atomic mass is 15.2. The standard InChI is InChI=1S/C10H19N3/c1-10(2,8-11)4-6-13-5-3-9(12)7-13/h9H,3-7,12H2,1-2H3. The van der Waals surface area contributed by atoms with Crippen LogP contribution in [0.5, 0.6) is 0 Å². The fourth-order valence-corrected chi connectivity index (χ4v) is 1.56. The van der Waals surface area contributed by atoms with Crippen molar-refractivity contribution in [2.24, 2.45) is 11.1 Å². The quantitative estimate of drug-likeness (QED) is 0.705. The van der Waals surface area contributed by atoms with E-state index in [1.807, 2.05) is 13.8 Å². The van der Waals surface area contributed by atoms with E-state index in [4.69, 9.17) is 11.0 Å². The van der Waals surface area contributed by atoms with Crippen LogP contribution in [0.2, 0.25) is 0 Å². The molecule has 3 nitrogen and oxygen atoms in total. The van der Waals surface area contributed by atoms with Gasteiger partial charge >= 0.3 is 0 Å². The van der Waals surface area contributed by atoms with Gasteiger partial charge in [-0.1, -0.05) is 0 Å². The zero-order valence-electron chi connectivity index (χ0n) is 8.58. The molecule has 0 aromatic rings. The lowest BCUT2D eigenvalue weighted by Gasteiger charge is -2.20. The minimum Gasteiger partial charge on any atom is -0.326 e. The van der Waals surface area contributed by atoms with Gasteiger partial charge in [-0.3, -0.25) is 0 Å². The molecule has 1 atom stereocenters. The minimum absolute atomic E-state index is 0.188. The van der Waals surface area contributed by atoms with Crippen LogP contribution in [-0.2, 0) is 0 Å². The Balaban J connectivity index is 2.24. The molecule has 13 heavy (non-hydrogen) atoms. The number of nitrogens with zero attached hydrogens (tertiary/aromatic N) is 2. The first-order chi connectivity index (χ1) is 6.03. The summed E-state index contributed by atoms with van der Waals surface area (Å²) in [6.45, 7) is 7.09. The van der Waals surface area contributed by atoms with Crippen molar-refractivity contribution < 1.29 is 0 Å². The maximum atomic E-state index is 8.83. The first-order valence-electron chi connectivity index (χ1n) is 4.93. The molecule has 1 aliphatic heterocycles. The lowest BCUT2D eigenvalue weighted by atomic mass is 9.91. The van der Waals surface area contributed by atoms with Crippen LogP contribution in [0.25, 0.3) is 0 Å². The first-order valence-corrected chi connectivity index (χ1v) is 4.93. The average Bonchev–Trinajstić information content (AvgIpc) is 2.48. The van der Waals surface area contributed by atoms with Crippen molar-refractivity contribution in [1.82, 2.24) is 4.90 Å². The predicted octanol–water partition coefficient (Wildman–Crippen LogP) is 0.959. The molecule has 1 heterocycles. The first kappa shape index (κ1) is 10.5. The van der Waals surface area contributed by atoms with Crippen molar-refractivity contribution in [3.8, 4) is 6.07 Å². The van der Waals surface area contributed by atoms with E-state index in [1.54, 1.807) is 0 Å². The second kappa shape index (κ2) is 4.08. The van der Waals surface area contributed by atoms with E-state index in [1.165, 1.54) is 0 Å². The molecule has 0 aromatic carbocycles. The molecule has 0 spiro atoms. The number of hydrogen-bond acceptors (Lipinski definition) is 3. The normalized spacial score (nSPS) is 24.6. The Labute approximate surface area is 80.5 Å². The molecule has 0 aliphatic carbocycles. The summed E-state index contributed by atoms with van der Waals surface area (Å²) in [4.78, 5) is 2.35. The molecular formula is C10H19N3. The van der Waals surface area contributed by atoms with Crippen LogP contribution in [-0.4, -0.2) is 30.6 Å². The summed E-state index contributed by atoms with van der Waals surface area (Å²) in [5.74, 6) is 0. The van der Waals surface area contributed by atoms with Gasteiger partial charge in [0.1, 0.15) is 0 Å². The molecule has 1 fully saturated rings. The molecule has 0 radical (unpaired) electrons. The number of nitrogens with two attached hydrogens (primary N) is 1. The smallest absolute Gasteiger partial charge is 0.0684 e. The van der Waals surface area contributed by atoms with E-state index in [0.29, 0.717) is 6.04 Å². The lowest BCUT2D eigenvalue weighted by molar-refractivity contribution is 0.285. The Morgan fingerprint density at radius 2 is 2.31 bits per heavy atom. The molecule has 1 saturated heterocycles. The van der Waals surface area contributed by atoms with E-state index in [9.17, 15) is 0 Å². The van der Waals surface area contributed by atoms with E-state index in [2.05, 4.69) is 11.0 Å². The minimum atomic E-state index is -0.188. The zero-order chi connectivity index (χ0) is 9.90. The van der Waals surface area contributed by atoms with Crippen LogP contribution in [0.15, 0.2) is 0 Å². The van der Waals surface area contributed by atoms with Crippen LogP contribution in [0.4, 0.5) is 0 Å². The van der Waals surface area contributed by atoms with Crippen LogP contribution in [0.3, 0.4) is 0 Å². The van der Waals surface area contributed by atoms with Gasteiger partial charge in [-0.05, 0) is 39.8 Å². The summed E-state index contributed by atoms with van der Waals surface area (Å²) < 4.78 is 0. The lowest BCUT2D eigenvalue weighted by Crippen LogP contribution is -2.29.